The van der Waals surface area contributed by atoms with E-state index in [4.69, 9.17) is 9.40 Å². The Hall–Kier alpha value is -4.93. The zero-order valence-electron chi connectivity index (χ0n) is 20.8. The molecule has 9 aromatic rings. The second-order valence-electron chi connectivity index (χ2n) is 9.99. The Morgan fingerprint density at radius 2 is 1.36 bits per heavy atom. The number of furan rings is 1. The lowest BCUT2D eigenvalue weighted by Crippen LogP contribution is -1.92. The van der Waals surface area contributed by atoms with Crippen LogP contribution in [-0.4, -0.2) is 9.55 Å². The molecule has 0 bridgehead atoms. The van der Waals surface area contributed by atoms with E-state index in [1.54, 1.807) is 11.3 Å². The summed E-state index contributed by atoms with van der Waals surface area (Å²) in [4.78, 5) is 5.29. The van der Waals surface area contributed by atoms with Crippen LogP contribution in [0.3, 0.4) is 0 Å². The zero-order chi connectivity index (χ0) is 25.5. The largest absolute Gasteiger partial charge is 0.456 e. The van der Waals surface area contributed by atoms with Gasteiger partial charge in [-0.05, 0) is 58.3 Å². The molecule has 0 saturated carbocycles. The van der Waals surface area contributed by atoms with Crippen LogP contribution in [0.2, 0.25) is 0 Å². The van der Waals surface area contributed by atoms with Crippen molar-refractivity contribution in [2.45, 2.75) is 0 Å². The van der Waals surface area contributed by atoms with Gasteiger partial charge in [0.1, 0.15) is 11.2 Å². The first-order valence-corrected chi connectivity index (χ1v) is 13.9. The molecule has 0 N–H and O–H groups in total. The van der Waals surface area contributed by atoms with E-state index in [9.17, 15) is 0 Å². The molecule has 3 heterocycles. The lowest BCUT2D eigenvalue weighted by molar-refractivity contribution is 0.669. The van der Waals surface area contributed by atoms with Crippen molar-refractivity contribution >= 4 is 76.1 Å². The molecule has 39 heavy (non-hydrogen) atoms. The number of hydrogen-bond donors (Lipinski definition) is 0. The first-order chi connectivity index (χ1) is 19.3. The maximum atomic E-state index is 6.16. The molecule has 4 heteroatoms. The average molecular weight is 517 g/mol. The monoisotopic (exact) mass is 516 g/mol. The van der Waals surface area contributed by atoms with Crippen molar-refractivity contribution < 1.29 is 4.42 Å². The molecule has 0 radical (unpaired) electrons. The topological polar surface area (TPSA) is 31.0 Å². The number of para-hydroxylation sites is 1. The quantitative estimate of drug-likeness (QED) is 0.229. The van der Waals surface area contributed by atoms with Gasteiger partial charge in [0.25, 0.3) is 0 Å². The molecule has 6 aromatic carbocycles. The fraction of sp³-hybridized carbons (Fsp3) is 0. The van der Waals surface area contributed by atoms with Crippen molar-refractivity contribution in [1.29, 1.82) is 0 Å². The number of benzene rings is 6. The van der Waals surface area contributed by atoms with Gasteiger partial charge in [-0.25, -0.2) is 4.98 Å². The van der Waals surface area contributed by atoms with Crippen LogP contribution in [0, 0.1) is 0 Å². The Morgan fingerprint density at radius 3 is 2.28 bits per heavy atom. The van der Waals surface area contributed by atoms with Crippen LogP contribution in [0.4, 0.5) is 0 Å². The van der Waals surface area contributed by atoms with Crippen LogP contribution >= 0.6 is 11.3 Å². The number of rotatable bonds is 2. The number of fused-ring (bicyclic) bond motifs is 10. The van der Waals surface area contributed by atoms with Crippen molar-refractivity contribution in [3.05, 3.63) is 121 Å². The molecule has 0 fully saturated rings. The Kier molecular flexibility index (Phi) is 4.21. The molecule has 0 amide bonds. The van der Waals surface area contributed by atoms with E-state index in [0.717, 1.165) is 42.8 Å². The highest BCUT2D eigenvalue weighted by molar-refractivity contribution is 7.21. The molecule has 9 rings (SSSR count). The van der Waals surface area contributed by atoms with Crippen molar-refractivity contribution in [2.24, 2.45) is 0 Å². The van der Waals surface area contributed by atoms with Crippen LogP contribution < -0.4 is 0 Å². The van der Waals surface area contributed by atoms with Crippen LogP contribution in [-0.2, 0) is 0 Å². The lowest BCUT2D eigenvalue weighted by atomic mass is 10.0. The summed E-state index contributed by atoms with van der Waals surface area (Å²) in [7, 11) is 0. The van der Waals surface area contributed by atoms with Crippen LogP contribution in [0.5, 0.6) is 0 Å². The minimum absolute atomic E-state index is 0.876. The van der Waals surface area contributed by atoms with Gasteiger partial charge in [-0.2, -0.15) is 0 Å². The predicted molar refractivity (Wildman–Crippen MR) is 164 cm³/mol. The minimum Gasteiger partial charge on any atom is -0.456 e. The molecule has 3 nitrogen and oxygen atoms in total. The summed E-state index contributed by atoms with van der Waals surface area (Å²) < 4.78 is 9.65. The summed E-state index contributed by atoms with van der Waals surface area (Å²) in [5.74, 6) is 0. The fourth-order valence-corrected chi connectivity index (χ4v) is 7.09. The summed E-state index contributed by atoms with van der Waals surface area (Å²) in [6.45, 7) is 0. The maximum absolute atomic E-state index is 6.16. The fourth-order valence-electron chi connectivity index (χ4n) is 6.09. The Balaban J connectivity index is 1.40. The molecule has 182 valence electrons. The van der Waals surface area contributed by atoms with Crippen LogP contribution in [0.25, 0.3) is 81.0 Å². The standard InChI is InChI=1S/C35H20N2OS/c1-2-8-21(9-3-1)23-15-16-27-26(20-23)32-24-11-5-4-10-22(24)14-17-28(32)37(27)35-36-34-31(39-35)19-18-30-33(34)25-12-6-7-13-29(25)38-30/h1-20H. The molecule has 0 atom stereocenters. The van der Waals surface area contributed by atoms with Crippen molar-refractivity contribution in [3.63, 3.8) is 0 Å². The summed E-state index contributed by atoms with van der Waals surface area (Å²) in [5.41, 5.74) is 7.53. The van der Waals surface area contributed by atoms with Gasteiger partial charge in [0.2, 0.25) is 0 Å². The zero-order valence-corrected chi connectivity index (χ0v) is 21.6. The van der Waals surface area contributed by atoms with E-state index in [0.29, 0.717) is 0 Å². The molecule has 0 saturated heterocycles. The van der Waals surface area contributed by atoms with Crippen LogP contribution in [0.15, 0.2) is 126 Å². The SMILES string of the molecule is c1ccc(-c2ccc3c(c2)c2c4ccccc4ccc2n3-c2nc3c(ccc4oc5ccccc5c43)s2)cc1. The Morgan fingerprint density at radius 1 is 0.564 bits per heavy atom. The van der Waals surface area contributed by atoms with E-state index < -0.39 is 0 Å². The third-order valence-electron chi connectivity index (χ3n) is 7.84. The minimum atomic E-state index is 0.876. The Bertz CT molecular complexity index is 2390. The first-order valence-electron chi connectivity index (χ1n) is 13.1. The molecule has 3 aromatic heterocycles. The number of nitrogens with zero attached hydrogens (tertiary/aromatic N) is 2. The highest BCUT2D eigenvalue weighted by atomic mass is 32.1. The predicted octanol–water partition coefficient (Wildman–Crippen LogP) is 10.1. The van der Waals surface area contributed by atoms with Crippen molar-refractivity contribution in [3.8, 4) is 16.3 Å². The average Bonchev–Trinajstić information content (AvgIpc) is 3.68. The Labute approximate surface area is 227 Å². The third-order valence-corrected chi connectivity index (χ3v) is 8.85. The molecular weight excluding hydrogens is 496 g/mol. The smallest absolute Gasteiger partial charge is 0.195 e. The second kappa shape index (κ2) is 7.79. The van der Waals surface area contributed by atoms with Crippen LogP contribution in [0.1, 0.15) is 0 Å². The van der Waals surface area contributed by atoms with Crippen molar-refractivity contribution in [2.75, 3.05) is 0 Å². The van der Waals surface area contributed by atoms with Gasteiger partial charge < -0.3 is 4.42 Å². The van der Waals surface area contributed by atoms with Gasteiger partial charge >= 0.3 is 0 Å². The van der Waals surface area contributed by atoms with Gasteiger partial charge in [-0.15, -0.1) is 0 Å². The second-order valence-corrected chi connectivity index (χ2v) is 11.0. The van der Waals surface area contributed by atoms with E-state index in [-0.39, 0.29) is 0 Å². The number of thiazole rings is 1. The summed E-state index contributed by atoms with van der Waals surface area (Å²) in [6.07, 6.45) is 0. The van der Waals surface area contributed by atoms with Gasteiger partial charge in [-0.1, -0.05) is 96.3 Å². The summed E-state index contributed by atoms with van der Waals surface area (Å²) in [6, 6.07) is 43.0. The number of aromatic nitrogens is 2. The molecule has 0 aliphatic carbocycles. The first kappa shape index (κ1) is 21.1. The van der Waals surface area contributed by atoms with Gasteiger partial charge in [0.05, 0.1) is 26.6 Å². The third kappa shape index (κ3) is 2.95. The molecule has 0 unspecified atom stereocenters. The molecule has 0 aliphatic heterocycles. The molecule has 0 aliphatic rings. The van der Waals surface area contributed by atoms with E-state index in [1.807, 2.05) is 12.1 Å². The summed E-state index contributed by atoms with van der Waals surface area (Å²) >= 11 is 1.73. The molecule has 0 spiro atoms. The van der Waals surface area contributed by atoms with E-state index >= 15 is 0 Å². The lowest BCUT2D eigenvalue weighted by Gasteiger charge is -2.05. The highest BCUT2D eigenvalue weighted by Gasteiger charge is 2.20. The van der Waals surface area contributed by atoms with E-state index in [2.05, 4.69) is 114 Å². The molecular formula is C35H20N2OS. The normalized spacial score (nSPS) is 12.1. The number of hydrogen-bond acceptors (Lipinski definition) is 3. The maximum Gasteiger partial charge on any atom is 0.195 e. The van der Waals surface area contributed by atoms with Crippen molar-refractivity contribution in [1.82, 2.24) is 9.55 Å². The van der Waals surface area contributed by atoms with E-state index in [1.165, 1.54) is 38.2 Å². The van der Waals surface area contributed by atoms with Gasteiger partial charge in [0.15, 0.2) is 5.13 Å². The van der Waals surface area contributed by atoms with Gasteiger partial charge in [-0.3, -0.25) is 4.57 Å². The summed E-state index contributed by atoms with van der Waals surface area (Å²) in [5, 5.41) is 8.16. The highest BCUT2D eigenvalue weighted by Crippen LogP contribution is 2.42. The van der Waals surface area contributed by atoms with Gasteiger partial charge in [0, 0.05) is 16.2 Å².